The molecule has 0 fully saturated rings. The van der Waals surface area contributed by atoms with E-state index in [1.165, 1.54) is 22.4 Å². The molecule has 0 saturated carbocycles. The minimum absolute atomic E-state index is 0.0477. The van der Waals surface area contributed by atoms with Gasteiger partial charge >= 0.3 is 5.97 Å². The third-order valence-electron chi connectivity index (χ3n) is 4.02. The van der Waals surface area contributed by atoms with Gasteiger partial charge in [-0.15, -0.1) is 22.7 Å². The molecule has 0 amide bonds. The predicted molar refractivity (Wildman–Crippen MR) is 90.6 cm³/mol. The Morgan fingerprint density at radius 1 is 1.35 bits per heavy atom. The number of methoxy groups -OCH3 is 1. The molecular formula is C15H17NO4S3. The number of hydrogen-bond acceptors (Lipinski definition) is 6. The summed E-state index contributed by atoms with van der Waals surface area (Å²) in [5.74, 6) is -0.611. The van der Waals surface area contributed by atoms with Crippen LogP contribution in [-0.4, -0.2) is 32.3 Å². The SMILES string of the molecule is CCC1c2ccsc2CCN1S(=O)(=O)c1ccsc1C(=O)OC. The zero-order valence-corrected chi connectivity index (χ0v) is 15.3. The molecule has 0 bridgehead atoms. The van der Waals surface area contributed by atoms with Crippen molar-refractivity contribution in [2.24, 2.45) is 0 Å². The first kappa shape index (κ1) is 16.6. The van der Waals surface area contributed by atoms with Crippen LogP contribution >= 0.6 is 22.7 Å². The average molecular weight is 372 g/mol. The van der Waals surface area contributed by atoms with Crippen molar-refractivity contribution >= 4 is 38.7 Å². The second-order valence-corrected chi connectivity index (χ2v) is 8.97. The number of thiophene rings is 2. The van der Waals surface area contributed by atoms with Gasteiger partial charge in [-0.1, -0.05) is 6.92 Å². The Morgan fingerprint density at radius 2 is 2.09 bits per heavy atom. The van der Waals surface area contributed by atoms with Crippen LogP contribution in [0, 0.1) is 0 Å². The van der Waals surface area contributed by atoms with Gasteiger partial charge in [-0.25, -0.2) is 13.2 Å². The van der Waals surface area contributed by atoms with Crippen LogP contribution in [-0.2, 0) is 21.2 Å². The van der Waals surface area contributed by atoms with Crippen LogP contribution in [0.4, 0.5) is 0 Å². The minimum Gasteiger partial charge on any atom is -0.465 e. The normalized spacial score (nSPS) is 18.6. The average Bonchev–Trinajstić information content (AvgIpc) is 3.21. The van der Waals surface area contributed by atoms with Crippen molar-refractivity contribution in [1.82, 2.24) is 4.31 Å². The molecule has 0 radical (unpaired) electrons. The number of hydrogen-bond donors (Lipinski definition) is 0. The summed E-state index contributed by atoms with van der Waals surface area (Å²) in [6.07, 6.45) is 1.40. The molecule has 1 aliphatic rings. The molecule has 1 atom stereocenters. The van der Waals surface area contributed by atoms with Crippen molar-refractivity contribution in [2.45, 2.75) is 30.7 Å². The van der Waals surface area contributed by atoms with Crippen LogP contribution in [0.2, 0.25) is 0 Å². The first-order chi connectivity index (χ1) is 11.0. The second kappa shape index (κ2) is 6.35. The zero-order valence-electron chi connectivity index (χ0n) is 12.8. The van der Waals surface area contributed by atoms with Crippen LogP contribution in [0.5, 0.6) is 0 Å². The lowest BCUT2D eigenvalue weighted by atomic mass is 10.0. The van der Waals surface area contributed by atoms with E-state index in [4.69, 9.17) is 4.74 Å². The van der Waals surface area contributed by atoms with Crippen molar-refractivity contribution in [3.05, 3.63) is 38.2 Å². The van der Waals surface area contributed by atoms with Crippen LogP contribution in [0.15, 0.2) is 27.8 Å². The van der Waals surface area contributed by atoms with Crippen molar-refractivity contribution in [1.29, 1.82) is 0 Å². The van der Waals surface area contributed by atoms with E-state index in [2.05, 4.69) is 0 Å². The Kier molecular flexibility index (Phi) is 4.59. The molecule has 8 heteroatoms. The van der Waals surface area contributed by atoms with Gasteiger partial charge in [0.25, 0.3) is 0 Å². The molecule has 1 unspecified atom stereocenters. The van der Waals surface area contributed by atoms with Crippen LogP contribution in [0.3, 0.4) is 0 Å². The lowest BCUT2D eigenvalue weighted by Crippen LogP contribution is -2.39. The highest BCUT2D eigenvalue weighted by atomic mass is 32.2. The monoisotopic (exact) mass is 371 g/mol. The summed E-state index contributed by atoms with van der Waals surface area (Å²) in [5, 5.41) is 3.62. The summed E-state index contributed by atoms with van der Waals surface area (Å²) in [7, 11) is -2.48. The Morgan fingerprint density at radius 3 is 2.78 bits per heavy atom. The molecule has 1 aliphatic heterocycles. The van der Waals surface area contributed by atoms with Crippen molar-refractivity contribution in [3.8, 4) is 0 Å². The Labute approximate surface area is 143 Å². The van der Waals surface area contributed by atoms with Crippen LogP contribution < -0.4 is 0 Å². The van der Waals surface area contributed by atoms with E-state index in [-0.39, 0.29) is 15.8 Å². The number of carbonyl (C=O) groups excluding carboxylic acids is 1. The number of sulfonamides is 1. The maximum absolute atomic E-state index is 13.1. The Balaban J connectivity index is 2.04. The van der Waals surface area contributed by atoms with Crippen LogP contribution in [0.1, 0.15) is 39.5 Å². The summed E-state index contributed by atoms with van der Waals surface area (Å²) >= 11 is 2.76. The van der Waals surface area contributed by atoms with E-state index < -0.39 is 16.0 Å². The molecule has 3 heterocycles. The molecule has 0 aromatic carbocycles. The van der Waals surface area contributed by atoms with E-state index in [9.17, 15) is 13.2 Å². The van der Waals surface area contributed by atoms with Crippen molar-refractivity contribution < 1.29 is 17.9 Å². The lowest BCUT2D eigenvalue weighted by Gasteiger charge is -2.34. The van der Waals surface area contributed by atoms with E-state index in [0.29, 0.717) is 19.4 Å². The first-order valence-electron chi connectivity index (χ1n) is 7.24. The van der Waals surface area contributed by atoms with Crippen molar-refractivity contribution in [2.75, 3.05) is 13.7 Å². The Hall–Kier alpha value is -1.22. The topological polar surface area (TPSA) is 63.7 Å². The maximum Gasteiger partial charge on any atom is 0.349 e. The molecule has 0 N–H and O–H groups in total. The molecule has 0 spiro atoms. The number of esters is 1. The number of carbonyl (C=O) groups is 1. The van der Waals surface area contributed by atoms with Gasteiger partial charge in [0.1, 0.15) is 9.77 Å². The second-order valence-electron chi connectivity index (χ2n) is 5.19. The molecule has 5 nitrogen and oxygen atoms in total. The molecule has 124 valence electrons. The van der Waals surface area contributed by atoms with Gasteiger partial charge in [0, 0.05) is 11.4 Å². The number of nitrogens with zero attached hydrogens (tertiary/aromatic N) is 1. The predicted octanol–water partition coefficient (Wildman–Crippen LogP) is 3.29. The van der Waals surface area contributed by atoms with E-state index in [0.717, 1.165) is 16.9 Å². The summed E-state index contributed by atoms with van der Waals surface area (Å²) in [6.45, 7) is 2.42. The quantitative estimate of drug-likeness (QED) is 0.774. The smallest absolute Gasteiger partial charge is 0.349 e. The molecule has 2 aromatic heterocycles. The summed E-state index contributed by atoms with van der Waals surface area (Å²) in [6, 6.07) is 3.31. The minimum atomic E-state index is -3.74. The van der Waals surface area contributed by atoms with Gasteiger partial charge in [0.2, 0.25) is 10.0 Å². The lowest BCUT2D eigenvalue weighted by molar-refractivity contribution is 0.0602. The number of fused-ring (bicyclic) bond motifs is 1. The summed E-state index contributed by atoms with van der Waals surface area (Å²) in [4.78, 5) is 13.3. The van der Waals surface area contributed by atoms with Gasteiger partial charge in [-0.3, -0.25) is 0 Å². The molecule has 3 rings (SSSR count). The fourth-order valence-corrected chi connectivity index (χ4v) is 6.87. The highest BCUT2D eigenvalue weighted by Gasteiger charge is 2.38. The molecule has 0 saturated heterocycles. The standard InChI is InChI=1S/C15H17NO4S3/c1-3-11-10-5-8-21-12(10)4-7-16(11)23(18,19)13-6-9-22-14(13)15(17)20-2/h5-6,8-9,11H,3-4,7H2,1-2H3. The Bertz CT molecular complexity index is 821. The summed E-state index contributed by atoms with van der Waals surface area (Å²) < 4.78 is 32.5. The van der Waals surface area contributed by atoms with E-state index >= 15 is 0 Å². The van der Waals surface area contributed by atoms with E-state index in [1.54, 1.807) is 16.7 Å². The third kappa shape index (κ3) is 2.73. The van der Waals surface area contributed by atoms with Gasteiger partial charge in [-0.05, 0) is 41.3 Å². The fraction of sp³-hybridized carbons (Fsp3) is 0.400. The molecular weight excluding hydrogens is 354 g/mol. The van der Waals surface area contributed by atoms with Gasteiger partial charge in [0.05, 0.1) is 13.2 Å². The van der Waals surface area contributed by atoms with E-state index in [1.807, 2.05) is 18.4 Å². The van der Waals surface area contributed by atoms with Crippen molar-refractivity contribution in [3.63, 3.8) is 0 Å². The van der Waals surface area contributed by atoms with Gasteiger partial charge < -0.3 is 4.74 Å². The third-order valence-corrected chi connectivity index (χ3v) is 7.99. The molecule has 2 aromatic rings. The molecule has 23 heavy (non-hydrogen) atoms. The summed E-state index contributed by atoms with van der Waals surface area (Å²) in [5.41, 5.74) is 1.09. The largest absolute Gasteiger partial charge is 0.465 e. The van der Waals surface area contributed by atoms with Gasteiger partial charge in [0.15, 0.2) is 0 Å². The first-order valence-corrected chi connectivity index (χ1v) is 10.4. The highest BCUT2D eigenvalue weighted by Crippen LogP contribution is 2.39. The zero-order chi connectivity index (χ0) is 16.6. The number of rotatable bonds is 4. The number of ether oxygens (including phenoxy) is 1. The highest BCUT2D eigenvalue weighted by molar-refractivity contribution is 7.89. The van der Waals surface area contributed by atoms with Crippen LogP contribution in [0.25, 0.3) is 0 Å². The fourth-order valence-electron chi connectivity index (χ4n) is 2.95. The van der Waals surface area contributed by atoms with Gasteiger partial charge in [-0.2, -0.15) is 4.31 Å². The molecule has 0 aliphatic carbocycles. The maximum atomic E-state index is 13.1.